The number of halogens is 1. The number of amides is 2. The van der Waals surface area contributed by atoms with Crippen LogP contribution < -0.4 is 26.6 Å². The molecule has 0 saturated heterocycles. The van der Waals surface area contributed by atoms with E-state index in [0.29, 0.717) is 11.3 Å². The summed E-state index contributed by atoms with van der Waals surface area (Å²) in [5.74, 6) is -1.04. The zero-order chi connectivity index (χ0) is 30.0. The summed E-state index contributed by atoms with van der Waals surface area (Å²) < 4.78 is 22.5. The van der Waals surface area contributed by atoms with E-state index in [1.54, 1.807) is 18.2 Å². The zero-order valence-corrected chi connectivity index (χ0v) is 23.2. The molecule has 3 N–H and O–H groups in total. The van der Waals surface area contributed by atoms with Crippen molar-refractivity contribution in [3.8, 4) is 28.0 Å². The van der Waals surface area contributed by atoms with Crippen LogP contribution in [0.5, 0.6) is 5.75 Å². The number of hydrogen-bond acceptors (Lipinski definition) is 5. The predicted octanol–water partition coefficient (Wildman–Crippen LogP) is 4.20. The number of methoxy groups -OCH3 is 1. The first-order valence-corrected chi connectivity index (χ1v) is 12.6. The molecule has 0 fully saturated rings. The van der Waals surface area contributed by atoms with Gasteiger partial charge in [0.2, 0.25) is 0 Å². The molecule has 3 aromatic carbocycles. The number of aryl methyl sites for hydroxylation is 1. The number of anilines is 1. The van der Waals surface area contributed by atoms with E-state index < -0.39 is 29.1 Å². The second kappa shape index (κ2) is 11.5. The number of aromatic nitrogens is 2. The normalized spacial score (nSPS) is 10.8. The van der Waals surface area contributed by atoms with Gasteiger partial charge < -0.3 is 25.0 Å². The number of rotatable bonds is 7. The number of nitrogens with zero attached hydrogens (tertiary/aromatic N) is 2. The summed E-state index contributed by atoms with van der Waals surface area (Å²) in [4.78, 5) is 48.5. The Balaban J connectivity index is 1.73. The van der Waals surface area contributed by atoms with Gasteiger partial charge in [0.1, 0.15) is 17.1 Å². The van der Waals surface area contributed by atoms with Crippen LogP contribution in [0.1, 0.15) is 27.0 Å². The van der Waals surface area contributed by atoms with Gasteiger partial charge in [-0.25, -0.2) is 14.0 Å². The fourth-order valence-electron chi connectivity index (χ4n) is 4.74. The Labute approximate surface area is 234 Å². The third-order valence-electron chi connectivity index (χ3n) is 7.00. The first-order chi connectivity index (χ1) is 19.4. The third kappa shape index (κ3) is 5.60. The highest BCUT2D eigenvalue weighted by molar-refractivity contribution is 6.04. The molecule has 212 valence electrons. The summed E-state index contributed by atoms with van der Waals surface area (Å²) in [6.07, 6.45) is -0.0619. The highest BCUT2D eigenvalue weighted by Crippen LogP contribution is 2.37. The molecule has 0 aliphatic rings. The average Bonchev–Trinajstić information content (AvgIpc) is 2.94. The molecule has 0 saturated carbocycles. The smallest absolute Gasteiger partial charge is 0.404 e. The van der Waals surface area contributed by atoms with Gasteiger partial charge in [-0.15, -0.1) is 0 Å². The average molecular weight is 561 g/mol. The third-order valence-corrected chi connectivity index (χ3v) is 7.00. The van der Waals surface area contributed by atoms with Crippen molar-refractivity contribution in [3.63, 3.8) is 0 Å². The number of carbonyl (C=O) groups excluding carboxylic acids is 1. The van der Waals surface area contributed by atoms with Gasteiger partial charge in [-0.2, -0.15) is 0 Å². The van der Waals surface area contributed by atoms with Gasteiger partial charge in [0.15, 0.2) is 0 Å². The molecule has 0 aliphatic carbocycles. The number of ether oxygens (including phenoxy) is 1. The van der Waals surface area contributed by atoms with Crippen molar-refractivity contribution in [1.29, 1.82) is 0 Å². The van der Waals surface area contributed by atoms with Crippen LogP contribution in [-0.2, 0) is 20.6 Å². The lowest BCUT2D eigenvalue weighted by atomic mass is 9.90. The standard InChI is InChI=1S/C30H29FN4O6/c1-16-19(18-12-24(31)22(14-32-29(38)39)26(13-18)41-5)8-6-9-20(16)21-10-7-11-25(17(21)2)33-27(36)23-15-34(3)30(40)35(4)28(23)37/h6-13,15,32H,14H2,1-5H3,(H,33,36)(H,38,39). The molecular weight excluding hydrogens is 531 g/mol. The molecule has 4 aromatic rings. The van der Waals surface area contributed by atoms with Crippen LogP contribution in [0.2, 0.25) is 0 Å². The van der Waals surface area contributed by atoms with Crippen LogP contribution in [0.3, 0.4) is 0 Å². The zero-order valence-electron chi connectivity index (χ0n) is 23.2. The molecule has 0 spiro atoms. The van der Waals surface area contributed by atoms with Crippen molar-refractivity contribution in [2.24, 2.45) is 14.1 Å². The van der Waals surface area contributed by atoms with E-state index in [-0.39, 0.29) is 23.4 Å². The number of nitrogens with one attached hydrogen (secondary N) is 2. The summed E-state index contributed by atoms with van der Waals surface area (Å²) in [6.45, 7) is 3.49. The summed E-state index contributed by atoms with van der Waals surface area (Å²) in [5.41, 5.74) is 3.68. The molecule has 4 rings (SSSR count). The monoisotopic (exact) mass is 560 g/mol. The molecule has 0 radical (unpaired) electrons. The lowest BCUT2D eigenvalue weighted by molar-refractivity contribution is 0.102. The van der Waals surface area contributed by atoms with E-state index in [9.17, 15) is 19.2 Å². The van der Waals surface area contributed by atoms with Gasteiger partial charge >= 0.3 is 11.8 Å². The van der Waals surface area contributed by atoms with Crippen molar-refractivity contribution < 1.29 is 23.8 Å². The van der Waals surface area contributed by atoms with Crippen molar-refractivity contribution in [2.75, 3.05) is 12.4 Å². The number of carboxylic acid groups (broad SMARTS) is 1. The van der Waals surface area contributed by atoms with Gasteiger partial charge in [0.05, 0.1) is 13.7 Å². The first-order valence-electron chi connectivity index (χ1n) is 12.6. The van der Waals surface area contributed by atoms with Crippen molar-refractivity contribution in [2.45, 2.75) is 20.4 Å². The van der Waals surface area contributed by atoms with E-state index in [0.717, 1.165) is 32.4 Å². The maximum Gasteiger partial charge on any atom is 0.404 e. The topological polar surface area (TPSA) is 132 Å². The quantitative estimate of drug-likeness (QED) is 0.311. The maximum atomic E-state index is 15.1. The molecule has 1 heterocycles. The Morgan fingerprint density at radius 3 is 2.27 bits per heavy atom. The van der Waals surface area contributed by atoms with Crippen molar-refractivity contribution in [3.05, 3.63) is 104 Å². The number of hydrogen-bond donors (Lipinski definition) is 3. The highest BCUT2D eigenvalue weighted by atomic mass is 19.1. The Hall–Kier alpha value is -5.19. The van der Waals surface area contributed by atoms with Crippen LogP contribution >= 0.6 is 0 Å². The number of carbonyl (C=O) groups is 2. The maximum absolute atomic E-state index is 15.1. The number of benzene rings is 3. The molecule has 1 aromatic heterocycles. The van der Waals surface area contributed by atoms with E-state index in [1.165, 1.54) is 38.0 Å². The van der Waals surface area contributed by atoms with Crippen LogP contribution in [0.25, 0.3) is 22.3 Å². The minimum Gasteiger partial charge on any atom is -0.496 e. The van der Waals surface area contributed by atoms with E-state index in [1.807, 2.05) is 38.1 Å². The summed E-state index contributed by atoms with van der Waals surface area (Å²) in [6, 6.07) is 14.0. The van der Waals surface area contributed by atoms with Crippen molar-refractivity contribution >= 4 is 17.7 Å². The van der Waals surface area contributed by atoms with Gasteiger partial charge in [-0.3, -0.25) is 14.2 Å². The Morgan fingerprint density at radius 1 is 0.976 bits per heavy atom. The van der Waals surface area contributed by atoms with Gasteiger partial charge in [-0.1, -0.05) is 30.3 Å². The van der Waals surface area contributed by atoms with Crippen LogP contribution in [-0.4, -0.2) is 33.4 Å². The second-order valence-corrected chi connectivity index (χ2v) is 9.51. The fourth-order valence-corrected chi connectivity index (χ4v) is 4.74. The molecule has 0 aliphatic heterocycles. The molecule has 0 atom stereocenters. The lowest BCUT2D eigenvalue weighted by Gasteiger charge is -2.18. The van der Waals surface area contributed by atoms with Gasteiger partial charge in [0, 0.05) is 31.5 Å². The second-order valence-electron chi connectivity index (χ2n) is 9.51. The van der Waals surface area contributed by atoms with Crippen LogP contribution in [0, 0.1) is 19.7 Å². The molecule has 0 unspecified atom stereocenters. The molecule has 0 bridgehead atoms. The molecule has 10 nitrogen and oxygen atoms in total. The van der Waals surface area contributed by atoms with Crippen molar-refractivity contribution in [1.82, 2.24) is 14.5 Å². The Bertz CT molecular complexity index is 1810. The van der Waals surface area contributed by atoms with E-state index >= 15 is 4.39 Å². The Morgan fingerprint density at radius 2 is 1.61 bits per heavy atom. The molecule has 41 heavy (non-hydrogen) atoms. The van der Waals surface area contributed by atoms with Crippen LogP contribution in [0.15, 0.2) is 64.3 Å². The first kappa shape index (κ1) is 28.8. The highest BCUT2D eigenvalue weighted by Gasteiger charge is 2.19. The Kier molecular flexibility index (Phi) is 8.08. The summed E-state index contributed by atoms with van der Waals surface area (Å²) in [5, 5.41) is 13.8. The van der Waals surface area contributed by atoms with E-state index in [2.05, 4.69) is 10.6 Å². The summed E-state index contributed by atoms with van der Waals surface area (Å²) >= 11 is 0. The summed E-state index contributed by atoms with van der Waals surface area (Å²) in [7, 11) is 4.16. The minimum absolute atomic E-state index is 0.0973. The largest absolute Gasteiger partial charge is 0.496 e. The van der Waals surface area contributed by atoms with Gasteiger partial charge in [0.25, 0.3) is 11.5 Å². The molecule has 2 amide bonds. The van der Waals surface area contributed by atoms with Crippen LogP contribution in [0.4, 0.5) is 14.9 Å². The van der Waals surface area contributed by atoms with E-state index in [4.69, 9.17) is 9.84 Å². The lowest BCUT2D eigenvalue weighted by Crippen LogP contribution is -2.40. The minimum atomic E-state index is -1.27. The fraction of sp³-hybridized carbons (Fsp3) is 0.200. The SMILES string of the molecule is COc1cc(-c2cccc(-c3cccc(NC(=O)c4cn(C)c(=O)n(C)c4=O)c3C)c2C)cc(F)c1CNC(=O)O. The predicted molar refractivity (Wildman–Crippen MR) is 153 cm³/mol. The molecular formula is C30H29FN4O6. The molecule has 11 heteroatoms. The van der Waals surface area contributed by atoms with Gasteiger partial charge in [-0.05, 0) is 65.4 Å².